The van der Waals surface area contributed by atoms with E-state index in [0.717, 1.165) is 11.6 Å². The number of nitrogens with zero attached hydrogens (tertiary/aromatic N) is 6. The average Bonchev–Trinajstić information content (AvgIpc) is 3.14. The zero-order valence-electron chi connectivity index (χ0n) is 13.4. The smallest absolute Gasteiger partial charge is 0.284 e. The number of carbonyl (C=O) groups is 2. The molecule has 0 atom stereocenters. The molecular formula is C14H19N7O2. The highest BCUT2D eigenvalue weighted by Gasteiger charge is 2.37. The maximum atomic E-state index is 13.0. The summed E-state index contributed by atoms with van der Waals surface area (Å²) in [7, 11) is 0. The summed E-state index contributed by atoms with van der Waals surface area (Å²) in [6.07, 6.45) is 3.06. The number of hydrogen-bond donors (Lipinski definition) is 1. The average molecular weight is 317 g/mol. The van der Waals surface area contributed by atoms with Gasteiger partial charge in [0, 0.05) is 25.5 Å². The lowest BCUT2D eigenvalue weighted by Crippen LogP contribution is -2.50. The molecule has 2 aromatic heterocycles. The first-order valence-electron chi connectivity index (χ1n) is 7.34. The monoisotopic (exact) mass is 317 g/mol. The highest BCUT2D eigenvalue weighted by molar-refractivity contribution is 5.91. The highest BCUT2D eigenvalue weighted by atomic mass is 16.2. The number of rotatable bonds is 3. The first kappa shape index (κ1) is 15.2. The molecule has 23 heavy (non-hydrogen) atoms. The summed E-state index contributed by atoms with van der Waals surface area (Å²) in [5.74, 6) is 0.893. The Hall–Kier alpha value is -2.71. The van der Waals surface area contributed by atoms with Crippen LogP contribution in [-0.2, 0) is 23.4 Å². The predicted octanol–water partition coefficient (Wildman–Crippen LogP) is -0.341. The van der Waals surface area contributed by atoms with Gasteiger partial charge in [-0.05, 0) is 20.8 Å². The molecule has 2 N–H and O–H groups in total. The third-order valence-corrected chi connectivity index (χ3v) is 4.21. The molecular weight excluding hydrogens is 298 g/mol. The third kappa shape index (κ3) is 2.37. The molecule has 0 radical (unpaired) electrons. The minimum absolute atomic E-state index is 0.0689. The fourth-order valence-electron chi connectivity index (χ4n) is 2.90. The van der Waals surface area contributed by atoms with Crippen molar-refractivity contribution in [3.05, 3.63) is 29.9 Å². The van der Waals surface area contributed by atoms with E-state index >= 15 is 0 Å². The fourth-order valence-corrected chi connectivity index (χ4v) is 2.90. The Kier molecular flexibility index (Phi) is 3.42. The van der Waals surface area contributed by atoms with Crippen LogP contribution in [-0.4, -0.2) is 47.6 Å². The Morgan fingerprint density at radius 1 is 1.26 bits per heavy atom. The predicted molar refractivity (Wildman–Crippen MR) is 80.2 cm³/mol. The first-order chi connectivity index (χ1) is 10.8. The van der Waals surface area contributed by atoms with Crippen molar-refractivity contribution < 1.29 is 9.59 Å². The van der Waals surface area contributed by atoms with E-state index < -0.39 is 11.4 Å². The Balaban J connectivity index is 1.88. The number of aryl methyl sites for hydroxylation is 1. The molecule has 9 heteroatoms. The SMILES string of the molecule is Cc1nnc2n1CCN(C(=O)C(C)(C)n1ccnc1C(N)=O)C2. The van der Waals surface area contributed by atoms with Gasteiger partial charge in [-0.25, -0.2) is 4.98 Å². The first-order valence-corrected chi connectivity index (χ1v) is 7.34. The summed E-state index contributed by atoms with van der Waals surface area (Å²) in [5.41, 5.74) is 4.36. The number of primary amides is 1. The van der Waals surface area contributed by atoms with Crippen LogP contribution >= 0.6 is 0 Å². The molecule has 9 nitrogen and oxygen atoms in total. The molecule has 0 spiro atoms. The van der Waals surface area contributed by atoms with Crippen LogP contribution in [0.4, 0.5) is 0 Å². The van der Waals surface area contributed by atoms with Crippen LogP contribution < -0.4 is 5.73 Å². The molecule has 2 aromatic rings. The minimum Gasteiger partial charge on any atom is -0.363 e. The molecule has 2 amide bonds. The van der Waals surface area contributed by atoms with E-state index in [-0.39, 0.29) is 11.7 Å². The molecule has 0 aliphatic carbocycles. The van der Waals surface area contributed by atoms with Gasteiger partial charge in [-0.15, -0.1) is 10.2 Å². The Morgan fingerprint density at radius 3 is 2.70 bits per heavy atom. The Morgan fingerprint density at radius 2 is 2.00 bits per heavy atom. The summed E-state index contributed by atoms with van der Waals surface area (Å²) < 4.78 is 3.52. The lowest BCUT2D eigenvalue weighted by atomic mass is 10.0. The number of hydrogen-bond acceptors (Lipinski definition) is 5. The zero-order chi connectivity index (χ0) is 16.8. The topological polar surface area (TPSA) is 112 Å². The highest BCUT2D eigenvalue weighted by Crippen LogP contribution is 2.23. The molecule has 3 heterocycles. The molecule has 0 aromatic carbocycles. The van der Waals surface area contributed by atoms with E-state index in [1.165, 1.54) is 10.8 Å². The lowest BCUT2D eigenvalue weighted by Gasteiger charge is -2.35. The van der Waals surface area contributed by atoms with Gasteiger partial charge >= 0.3 is 0 Å². The molecule has 0 saturated carbocycles. The van der Waals surface area contributed by atoms with Gasteiger partial charge in [0.1, 0.15) is 11.4 Å². The normalized spacial score (nSPS) is 14.7. The molecule has 0 saturated heterocycles. The Labute approximate surface area is 133 Å². The van der Waals surface area contributed by atoms with E-state index in [2.05, 4.69) is 15.2 Å². The largest absolute Gasteiger partial charge is 0.363 e. The Bertz CT molecular complexity index is 774. The van der Waals surface area contributed by atoms with Crippen molar-refractivity contribution in [3.8, 4) is 0 Å². The van der Waals surface area contributed by atoms with Crippen LogP contribution in [0.15, 0.2) is 12.4 Å². The number of nitrogens with two attached hydrogens (primary N) is 1. The van der Waals surface area contributed by atoms with Gasteiger partial charge in [0.05, 0.1) is 6.54 Å². The van der Waals surface area contributed by atoms with Gasteiger partial charge in [0.25, 0.3) is 5.91 Å². The summed E-state index contributed by atoms with van der Waals surface area (Å²) in [4.78, 5) is 30.1. The standard InChI is InChI=1S/C14H19N7O2/c1-9-17-18-10-8-19(6-7-20(9)10)13(23)14(2,3)21-5-4-16-12(21)11(15)22/h4-5H,6-8H2,1-3H3,(H2,15,22). The van der Waals surface area contributed by atoms with E-state index in [9.17, 15) is 9.59 Å². The van der Waals surface area contributed by atoms with Crippen molar-refractivity contribution in [2.75, 3.05) is 6.54 Å². The zero-order valence-corrected chi connectivity index (χ0v) is 13.4. The number of amides is 2. The van der Waals surface area contributed by atoms with Gasteiger partial charge in [-0.2, -0.15) is 0 Å². The summed E-state index contributed by atoms with van der Waals surface area (Å²) in [6, 6.07) is 0. The van der Waals surface area contributed by atoms with Crippen molar-refractivity contribution >= 4 is 11.8 Å². The number of aromatic nitrogens is 5. The minimum atomic E-state index is -0.974. The van der Waals surface area contributed by atoms with E-state index in [1.54, 1.807) is 24.9 Å². The lowest BCUT2D eigenvalue weighted by molar-refractivity contribution is -0.141. The van der Waals surface area contributed by atoms with Crippen molar-refractivity contribution in [1.82, 2.24) is 29.2 Å². The van der Waals surface area contributed by atoms with Crippen molar-refractivity contribution in [1.29, 1.82) is 0 Å². The second-order valence-electron chi connectivity index (χ2n) is 6.09. The molecule has 0 unspecified atom stereocenters. The number of imidazole rings is 1. The van der Waals surface area contributed by atoms with Crippen LogP contribution in [0.5, 0.6) is 0 Å². The molecule has 1 aliphatic heterocycles. The molecule has 0 bridgehead atoms. The van der Waals surface area contributed by atoms with Gasteiger partial charge in [-0.3, -0.25) is 9.59 Å². The fraction of sp³-hybridized carbons (Fsp3) is 0.500. The van der Waals surface area contributed by atoms with E-state index in [1.807, 2.05) is 11.5 Å². The summed E-state index contributed by atoms with van der Waals surface area (Å²) in [6.45, 7) is 6.99. The second kappa shape index (κ2) is 5.18. The number of carbonyl (C=O) groups excluding carboxylic acids is 2. The third-order valence-electron chi connectivity index (χ3n) is 4.21. The van der Waals surface area contributed by atoms with Crippen LogP contribution in [0, 0.1) is 6.92 Å². The van der Waals surface area contributed by atoms with Crippen LogP contribution in [0.25, 0.3) is 0 Å². The van der Waals surface area contributed by atoms with Crippen molar-refractivity contribution in [2.24, 2.45) is 5.73 Å². The molecule has 1 aliphatic rings. The maximum absolute atomic E-state index is 13.0. The van der Waals surface area contributed by atoms with E-state index in [4.69, 9.17) is 5.73 Å². The molecule has 3 rings (SSSR count). The van der Waals surface area contributed by atoms with Gasteiger partial charge < -0.3 is 19.8 Å². The molecule has 0 fully saturated rings. The van der Waals surface area contributed by atoms with Gasteiger partial charge in [0.2, 0.25) is 5.91 Å². The number of fused-ring (bicyclic) bond motifs is 1. The van der Waals surface area contributed by atoms with Crippen molar-refractivity contribution in [3.63, 3.8) is 0 Å². The van der Waals surface area contributed by atoms with Crippen LogP contribution in [0.3, 0.4) is 0 Å². The molecule has 122 valence electrons. The maximum Gasteiger partial charge on any atom is 0.284 e. The van der Waals surface area contributed by atoms with E-state index in [0.29, 0.717) is 19.6 Å². The van der Waals surface area contributed by atoms with Crippen LogP contribution in [0.2, 0.25) is 0 Å². The van der Waals surface area contributed by atoms with Gasteiger partial charge in [0.15, 0.2) is 11.6 Å². The van der Waals surface area contributed by atoms with Gasteiger partial charge in [-0.1, -0.05) is 0 Å². The van der Waals surface area contributed by atoms with Crippen molar-refractivity contribution in [2.45, 2.75) is 39.4 Å². The summed E-state index contributed by atoms with van der Waals surface area (Å²) in [5, 5.41) is 8.15. The second-order valence-corrected chi connectivity index (χ2v) is 6.09. The van der Waals surface area contributed by atoms with Crippen LogP contribution in [0.1, 0.15) is 36.1 Å². The summed E-state index contributed by atoms with van der Waals surface area (Å²) >= 11 is 0. The quantitative estimate of drug-likeness (QED) is 0.832.